The van der Waals surface area contributed by atoms with E-state index in [2.05, 4.69) is 9.80 Å². The molecule has 20 heavy (non-hydrogen) atoms. The van der Waals surface area contributed by atoms with Gasteiger partial charge >= 0.3 is 0 Å². The third kappa shape index (κ3) is 4.06. The number of carbonyl (C=O) groups is 2. The number of nitrogens with zero attached hydrogens (tertiary/aromatic N) is 2. The SMILES string of the molecule is NC(=O)CCCN1CCN(c2cccc(C=O)c2)CC1. The van der Waals surface area contributed by atoms with Crippen molar-refractivity contribution in [2.45, 2.75) is 12.8 Å². The lowest BCUT2D eigenvalue weighted by Crippen LogP contribution is -2.46. The molecule has 0 unspecified atom stereocenters. The zero-order valence-corrected chi connectivity index (χ0v) is 11.6. The number of rotatable bonds is 6. The first kappa shape index (κ1) is 14.5. The molecule has 0 bridgehead atoms. The first-order valence-electron chi connectivity index (χ1n) is 7.00. The Morgan fingerprint density at radius 2 is 2.00 bits per heavy atom. The van der Waals surface area contributed by atoms with E-state index in [1.807, 2.05) is 24.3 Å². The van der Waals surface area contributed by atoms with Gasteiger partial charge in [0, 0.05) is 43.9 Å². The van der Waals surface area contributed by atoms with Gasteiger partial charge in [0.05, 0.1) is 0 Å². The Morgan fingerprint density at radius 1 is 1.25 bits per heavy atom. The highest BCUT2D eigenvalue weighted by Gasteiger charge is 2.17. The highest BCUT2D eigenvalue weighted by atomic mass is 16.1. The Bertz CT molecular complexity index is 468. The molecule has 1 amide bonds. The van der Waals surface area contributed by atoms with Crippen LogP contribution < -0.4 is 10.6 Å². The summed E-state index contributed by atoms with van der Waals surface area (Å²) in [6, 6.07) is 7.69. The molecule has 0 aliphatic carbocycles. The third-order valence-corrected chi connectivity index (χ3v) is 3.64. The standard InChI is InChI=1S/C15H21N3O2/c16-15(20)5-2-6-17-7-9-18(10-8-17)14-4-1-3-13(11-14)12-19/h1,3-4,11-12H,2,5-10H2,(H2,16,20). The van der Waals surface area contributed by atoms with Crippen molar-refractivity contribution in [1.29, 1.82) is 0 Å². The van der Waals surface area contributed by atoms with Crippen molar-refractivity contribution in [3.05, 3.63) is 29.8 Å². The minimum absolute atomic E-state index is 0.227. The van der Waals surface area contributed by atoms with Crippen LogP contribution in [0.3, 0.4) is 0 Å². The molecule has 0 spiro atoms. The van der Waals surface area contributed by atoms with Crippen LogP contribution in [-0.4, -0.2) is 49.8 Å². The van der Waals surface area contributed by atoms with Gasteiger partial charge in [-0.3, -0.25) is 14.5 Å². The number of primary amides is 1. The molecule has 0 aromatic heterocycles. The van der Waals surface area contributed by atoms with Gasteiger partial charge in [-0.25, -0.2) is 0 Å². The van der Waals surface area contributed by atoms with Crippen LogP contribution >= 0.6 is 0 Å². The van der Waals surface area contributed by atoms with E-state index in [0.29, 0.717) is 12.0 Å². The maximum absolute atomic E-state index is 10.8. The average Bonchev–Trinajstić information content (AvgIpc) is 2.48. The summed E-state index contributed by atoms with van der Waals surface area (Å²) >= 11 is 0. The lowest BCUT2D eigenvalue weighted by molar-refractivity contribution is -0.118. The predicted octanol–water partition coefficient (Wildman–Crippen LogP) is 0.887. The number of anilines is 1. The van der Waals surface area contributed by atoms with Crippen molar-refractivity contribution >= 4 is 17.9 Å². The van der Waals surface area contributed by atoms with E-state index in [1.165, 1.54) is 0 Å². The van der Waals surface area contributed by atoms with Crippen LogP contribution in [0.15, 0.2) is 24.3 Å². The Morgan fingerprint density at radius 3 is 2.65 bits per heavy atom. The van der Waals surface area contributed by atoms with Crippen LogP contribution in [0.4, 0.5) is 5.69 Å². The molecule has 1 aromatic rings. The third-order valence-electron chi connectivity index (χ3n) is 3.64. The zero-order chi connectivity index (χ0) is 14.4. The summed E-state index contributed by atoms with van der Waals surface area (Å²) in [4.78, 5) is 26.1. The molecular formula is C15H21N3O2. The molecule has 1 fully saturated rings. The van der Waals surface area contributed by atoms with Gasteiger partial charge in [-0.05, 0) is 25.1 Å². The molecule has 0 radical (unpaired) electrons. The van der Waals surface area contributed by atoms with Crippen LogP contribution in [0.2, 0.25) is 0 Å². The molecule has 1 aliphatic heterocycles. The Balaban J connectivity index is 1.81. The van der Waals surface area contributed by atoms with Crippen molar-refractivity contribution in [2.75, 3.05) is 37.6 Å². The quantitative estimate of drug-likeness (QED) is 0.783. The first-order valence-corrected chi connectivity index (χ1v) is 7.00. The zero-order valence-electron chi connectivity index (χ0n) is 11.6. The summed E-state index contributed by atoms with van der Waals surface area (Å²) in [5.41, 5.74) is 6.96. The summed E-state index contributed by atoms with van der Waals surface area (Å²) in [6.07, 6.45) is 2.17. The van der Waals surface area contributed by atoms with Gasteiger partial charge in [-0.15, -0.1) is 0 Å². The number of nitrogens with two attached hydrogens (primary N) is 1. The predicted molar refractivity (Wildman–Crippen MR) is 78.9 cm³/mol. The Hall–Kier alpha value is -1.88. The Labute approximate surface area is 119 Å². The highest BCUT2D eigenvalue weighted by molar-refractivity contribution is 5.77. The lowest BCUT2D eigenvalue weighted by atomic mass is 10.2. The van der Waals surface area contributed by atoms with E-state index in [9.17, 15) is 9.59 Å². The maximum Gasteiger partial charge on any atom is 0.217 e. The summed E-state index contributed by atoms with van der Waals surface area (Å²) < 4.78 is 0. The van der Waals surface area contributed by atoms with Gasteiger partial charge in [-0.1, -0.05) is 12.1 Å². The fourth-order valence-electron chi connectivity index (χ4n) is 2.50. The fourth-order valence-corrected chi connectivity index (χ4v) is 2.50. The van der Waals surface area contributed by atoms with Crippen LogP contribution in [0.25, 0.3) is 0 Å². The normalized spacial score (nSPS) is 16.1. The van der Waals surface area contributed by atoms with Crippen molar-refractivity contribution in [1.82, 2.24) is 4.90 Å². The minimum Gasteiger partial charge on any atom is -0.370 e. The fraction of sp³-hybridized carbons (Fsp3) is 0.467. The molecule has 1 heterocycles. The summed E-state index contributed by atoms with van der Waals surface area (Å²) in [7, 11) is 0. The van der Waals surface area contributed by atoms with E-state index in [1.54, 1.807) is 0 Å². The number of aldehydes is 1. The first-order chi connectivity index (χ1) is 9.69. The van der Waals surface area contributed by atoms with Crippen molar-refractivity contribution in [3.63, 3.8) is 0 Å². The largest absolute Gasteiger partial charge is 0.370 e. The highest BCUT2D eigenvalue weighted by Crippen LogP contribution is 2.17. The van der Waals surface area contributed by atoms with Crippen molar-refractivity contribution in [3.8, 4) is 0 Å². The van der Waals surface area contributed by atoms with Gasteiger partial charge in [0.1, 0.15) is 6.29 Å². The number of carbonyl (C=O) groups excluding carboxylic acids is 2. The van der Waals surface area contributed by atoms with Crippen LogP contribution in [0.5, 0.6) is 0 Å². The summed E-state index contributed by atoms with van der Waals surface area (Å²) in [5, 5.41) is 0. The molecule has 2 N–H and O–H groups in total. The van der Waals surface area contributed by atoms with E-state index < -0.39 is 0 Å². The molecule has 0 saturated carbocycles. The van der Waals surface area contributed by atoms with Crippen LogP contribution in [-0.2, 0) is 4.79 Å². The number of amides is 1. The lowest BCUT2D eigenvalue weighted by Gasteiger charge is -2.36. The summed E-state index contributed by atoms with van der Waals surface area (Å²) in [5.74, 6) is -0.227. The smallest absolute Gasteiger partial charge is 0.217 e. The molecule has 108 valence electrons. The minimum atomic E-state index is -0.227. The number of hydrogen-bond donors (Lipinski definition) is 1. The monoisotopic (exact) mass is 275 g/mol. The average molecular weight is 275 g/mol. The molecule has 1 saturated heterocycles. The molecule has 1 aromatic carbocycles. The van der Waals surface area contributed by atoms with Gasteiger partial charge in [0.15, 0.2) is 0 Å². The van der Waals surface area contributed by atoms with Gasteiger partial charge in [0.25, 0.3) is 0 Å². The molecule has 5 heteroatoms. The van der Waals surface area contributed by atoms with Crippen LogP contribution in [0, 0.1) is 0 Å². The van der Waals surface area contributed by atoms with E-state index >= 15 is 0 Å². The molecule has 2 rings (SSSR count). The van der Waals surface area contributed by atoms with Crippen molar-refractivity contribution < 1.29 is 9.59 Å². The van der Waals surface area contributed by atoms with Gasteiger partial charge in [-0.2, -0.15) is 0 Å². The van der Waals surface area contributed by atoms with E-state index in [-0.39, 0.29) is 5.91 Å². The second-order valence-electron chi connectivity index (χ2n) is 5.11. The number of hydrogen-bond acceptors (Lipinski definition) is 4. The number of piperazine rings is 1. The second kappa shape index (κ2) is 7.05. The molecule has 5 nitrogen and oxygen atoms in total. The van der Waals surface area contributed by atoms with Gasteiger partial charge < -0.3 is 10.6 Å². The van der Waals surface area contributed by atoms with Gasteiger partial charge in [0.2, 0.25) is 5.91 Å². The van der Waals surface area contributed by atoms with E-state index in [4.69, 9.17) is 5.73 Å². The van der Waals surface area contributed by atoms with Crippen LogP contribution in [0.1, 0.15) is 23.2 Å². The second-order valence-corrected chi connectivity index (χ2v) is 5.11. The Kier molecular flexibility index (Phi) is 5.12. The molecule has 1 aliphatic rings. The molecule has 0 atom stereocenters. The van der Waals surface area contributed by atoms with E-state index in [0.717, 1.165) is 51.1 Å². The van der Waals surface area contributed by atoms with Crippen molar-refractivity contribution in [2.24, 2.45) is 5.73 Å². The number of benzene rings is 1. The molecular weight excluding hydrogens is 254 g/mol. The maximum atomic E-state index is 10.8. The topological polar surface area (TPSA) is 66.6 Å². The summed E-state index contributed by atoms with van der Waals surface area (Å²) in [6.45, 7) is 4.76.